The minimum atomic E-state index is -4.30. The van der Waals surface area contributed by atoms with Crippen LogP contribution < -0.4 is 5.32 Å². The van der Waals surface area contributed by atoms with Gasteiger partial charge in [-0.25, -0.2) is 0 Å². The Morgan fingerprint density at radius 1 is 1.26 bits per heavy atom. The highest BCUT2D eigenvalue weighted by Gasteiger charge is 2.39. The zero-order chi connectivity index (χ0) is 16.5. The molecule has 1 aromatic carbocycles. The molecule has 1 fully saturated rings. The highest BCUT2D eigenvalue weighted by atomic mass is 19.4. The number of likely N-dealkylation sites (N-methyl/N-ethyl adjacent to an activating group) is 1. The van der Waals surface area contributed by atoms with Crippen molar-refractivity contribution in [3.63, 3.8) is 0 Å². The smallest absolute Gasteiger partial charge is 0.313 e. The van der Waals surface area contributed by atoms with E-state index in [4.69, 9.17) is 0 Å². The van der Waals surface area contributed by atoms with Gasteiger partial charge in [-0.15, -0.1) is 0 Å². The molecule has 0 spiro atoms. The van der Waals surface area contributed by atoms with Gasteiger partial charge in [-0.2, -0.15) is 18.3 Å². The van der Waals surface area contributed by atoms with Crippen molar-refractivity contribution in [3.8, 4) is 0 Å². The molecule has 1 unspecified atom stereocenters. The summed E-state index contributed by atoms with van der Waals surface area (Å²) in [6.07, 6.45) is -0.0424. The summed E-state index contributed by atoms with van der Waals surface area (Å²) < 4.78 is 38.1. The van der Waals surface area contributed by atoms with Crippen molar-refractivity contribution in [1.29, 1.82) is 0 Å². The van der Waals surface area contributed by atoms with E-state index in [2.05, 4.69) is 20.4 Å². The molecule has 4 nitrogen and oxygen atoms in total. The molecule has 0 radical (unpaired) electrons. The highest BCUT2D eigenvalue weighted by molar-refractivity contribution is 5.30. The number of aromatic amines is 1. The van der Waals surface area contributed by atoms with Gasteiger partial charge in [0.05, 0.1) is 17.3 Å². The van der Waals surface area contributed by atoms with E-state index in [-0.39, 0.29) is 5.54 Å². The highest BCUT2D eigenvalue weighted by Crippen LogP contribution is 2.34. The molecular formula is C16H19F3N4. The Morgan fingerprint density at radius 2 is 2.00 bits per heavy atom. The molecule has 0 aliphatic carbocycles. The Balaban J connectivity index is 1.90. The average Bonchev–Trinajstić information content (AvgIpc) is 3.04. The molecule has 1 aromatic heterocycles. The summed E-state index contributed by atoms with van der Waals surface area (Å²) in [5, 5.41) is 10.3. The van der Waals surface area contributed by atoms with E-state index in [1.165, 1.54) is 0 Å². The quantitative estimate of drug-likeness (QED) is 0.911. The lowest BCUT2D eigenvalue weighted by Gasteiger charge is -2.45. The van der Waals surface area contributed by atoms with Gasteiger partial charge in [-0.1, -0.05) is 12.1 Å². The minimum Gasteiger partial charge on any atom is -0.313 e. The first-order valence-corrected chi connectivity index (χ1v) is 7.49. The van der Waals surface area contributed by atoms with Gasteiger partial charge in [-0.3, -0.25) is 10.00 Å². The number of benzene rings is 1. The van der Waals surface area contributed by atoms with E-state index >= 15 is 0 Å². The third kappa shape index (κ3) is 3.11. The molecule has 1 aliphatic rings. The van der Waals surface area contributed by atoms with Crippen molar-refractivity contribution in [2.45, 2.75) is 18.1 Å². The Hall–Kier alpha value is -1.86. The van der Waals surface area contributed by atoms with Gasteiger partial charge < -0.3 is 5.32 Å². The predicted molar refractivity (Wildman–Crippen MR) is 80.9 cm³/mol. The Morgan fingerprint density at radius 3 is 2.57 bits per heavy atom. The van der Waals surface area contributed by atoms with Crippen LogP contribution in [-0.4, -0.2) is 41.8 Å². The second kappa shape index (κ2) is 5.98. The van der Waals surface area contributed by atoms with Crippen LogP contribution in [0.15, 0.2) is 36.7 Å². The molecule has 7 heteroatoms. The van der Waals surface area contributed by atoms with E-state index in [0.29, 0.717) is 6.42 Å². The monoisotopic (exact) mass is 324 g/mol. The molecular weight excluding hydrogens is 305 g/mol. The van der Waals surface area contributed by atoms with Gasteiger partial charge in [0.1, 0.15) is 0 Å². The van der Waals surface area contributed by atoms with Gasteiger partial charge in [0.15, 0.2) is 0 Å². The number of hydrogen-bond donors (Lipinski definition) is 2. The van der Waals surface area contributed by atoms with Crippen LogP contribution in [-0.2, 0) is 18.1 Å². The fraction of sp³-hybridized carbons (Fsp3) is 0.438. The molecule has 23 heavy (non-hydrogen) atoms. The van der Waals surface area contributed by atoms with Gasteiger partial charge in [0.25, 0.3) is 0 Å². The fourth-order valence-corrected chi connectivity index (χ4v) is 3.17. The summed E-state index contributed by atoms with van der Waals surface area (Å²) in [6.45, 7) is 2.49. The topological polar surface area (TPSA) is 44.0 Å². The summed E-state index contributed by atoms with van der Waals surface area (Å²) in [5.74, 6) is 0. The number of rotatable bonds is 3. The zero-order valence-corrected chi connectivity index (χ0v) is 12.8. The fourth-order valence-electron chi connectivity index (χ4n) is 3.17. The van der Waals surface area contributed by atoms with Gasteiger partial charge in [-0.05, 0) is 31.2 Å². The lowest BCUT2D eigenvalue weighted by molar-refractivity contribution is -0.137. The first-order chi connectivity index (χ1) is 10.9. The molecule has 1 aliphatic heterocycles. The molecule has 1 atom stereocenters. The summed E-state index contributed by atoms with van der Waals surface area (Å²) in [6, 6.07) is 5.42. The maximum Gasteiger partial charge on any atom is 0.416 e. The second-order valence-electron chi connectivity index (χ2n) is 5.99. The first-order valence-electron chi connectivity index (χ1n) is 7.49. The number of piperazine rings is 1. The number of H-pyrrole nitrogens is 1. The van der Waals surface area contributed by atoms with Crippen LogP contribution in [0.4, 0.5) is 13.2 Å². The largest absolute Gasteiger partial charge is 0.416 e. The maximum atomic E-state index is 12.7. The zero-order valence-electron chi connectivity index (χ0n) is 12.8. The van der Waals surface area contributed by atoms with E-state index in [0.717, 1.165) is 42.9 Å². The van der Waals surface area contributed by atoms with Crippen LogP contribution in [0, 0.1) is 0 Å². The lowest BCUT2D eigenvalue weighted by Crippen LogP contribution is -2.58. The van der Waals surface area contributed by atoms with Crippen LogP contribution in [0.5, 0.6) is 0 Å². The van der Waals surface area contributed by atoms with Crippen LogP contribution in [0.3, 0.4) is 0 Å². The molecule has 3 rings (SSSR count). The predicted octanol–water partition coefficient (Wildman–Crippen LogP) is 2.40. The number of halogens is 3. The van der Waals surface area contributed by atoms with Gasteiger partial charge >= 0.3 is 6.18 Å². The third-order valence-corrected chi connectivity index (χ3v) is 4.59. The standard InChI is InChI=1S/C16H19F3N4/c1-23-7-6-20-11-15(23,14-9-21-22-10-14)8-12-2-4-13(5-3-12)16(17,18)19/h2-5,9-10,20H,6-8,11H2,1H3,(H,21,22). The summed E-state index contributed by atoms with van der Waals surface area (Å²) in [7, 11) is 2.04. The van der Waals surface area contributed by atoms with E-state index in [9.17, 15) is 13.2 Å². The van der Waals surface area contributed by atoms with Gasteiger partial charge in [0.2, 0.25) is 0 Å². The molecule has 124 valence electrons. The van der Waals surface area contributed by atoms with Crippen molar-refractivity contribution in [2.75, 3.05) is 26.7 Å². The molecule has 2 aromatic rings. The van der Waals surface area contributed by atoms with E-state index < -0.39 is 11.7 Å². The summed E-state index contributed by atoms with van der Waals surface area (Å²) >= 11 is 0. The number of hydrogen-bond acceptors (Lipinski definition) is 3. The number of aromatic nitrogens is 2. The SMILES string of the molecule is CN1CCNCC1(Cc1ccc(C(F)(F)F)cc1)c1cn[nH]c1. The van der Waals surface area contributed by atoms with Crippen molar-refractivity contribution in [2.24, 2.45) is 0 Å². The third-order valence-electron chi connectivity index (χ3n) is 4.59. The summed E-state index contributed by atoms with van der Waals surface area (Å²) in [5.41, 5.74) is 0.973. The number of nitrogens with zero attached hydrogens (tertiary/aromatic N) is 2. The normalized spacial score (nSPS) is 23.1. The van der Waals surface area contributed by atoms with Crippen LogP contribution in [0.25, 0.3) is 0 Å². The average molecular weight is 324 g/mol. The van der Waals surface area contributed by atoms with Crippen molar-refractivity contribution < 1.29 is 13.2 Å². The Labute approximate surface area is 132 Å². The van der Waals surface area contributed by atoms with E-state index in [1.54, 1.807) is 18.3 Å². The molecule has 1 saturated heterocycles. The molecule has 2 N–H and O–H groups in total. The van der Waals surface area contributed by atoms with E-state index in [1.807, 2.05) is 13.2 Å². The number of alkyl halides is 3. The van der Waals surface area contributed by atoms with Crippen molar-refractivity contribution in [1.82, 2.24) is 20.4 Å². The molecule has 2 heterocycles. The van der Waals surface area contributed by atoms with Crippen LogP contribution in [0.2, 0.25) is 0 Å². The van der Waals surface area contributed by atoms with Gasteiger partial charge in [0, 0.05) is 31.4 Å². The first kappa shape index (κ1) is 16.0. The van der Waals surface area contributed by atoms with Crippen molar-refractivity contribution in [3.05, 3.63) is 53.3 Å². The van der Waals surface area contributed by atoms with Crippen LogP contribution in [0.1, 0.15) is 16.7 Å². The Kier molecular flexibility index (Phi) is 4.16. The molecule has 0 amide bonds. The summed E-state index contributed by atoms with van der Waals surface area (Å²) in [4.78, 5) is 2.24. The maximum absolute atomic E-state index is 12.7. The molecule has 0 saturated carbocycles. The minimum absolute atomic E-state index is 0.314. The lowest BCUT2D eigenvalue weighted by atomic mass is 9.82. The van der Waals surface area contributed by atoms with Crippen molar-refractivity contribution >= 4 is 0 Å². The van der Waals surface area contributed by atoms with Crippen LogP contribution >= 0.6 is 0 Å². The number of nitrogens with one attached hydrogen (secondary N) is 2. The second-order valence-corrected chi connectivity index (χ2v) is 5.99. The Bertz CT molecular complexity index is 636. The molecule has 0 bridgehead atoms.